The highest BCUT2D eigenvalue weighted by atomic mass is 35.5. The summed E-state index contributed by atoms with van der Waals surface area (Å²) in [5, 5.41) is 0. The van der Waals surface area contributed by atoms with Crippen molar-refractivity contribution in [2.45, 2.75) is 0 Å². The molecule has 18 heavy (non-hydrogen) atoms. The largest absolute Gasteiger partial charge is 1.00 e. The molecule has 102 valence electrons. The number of carbonyl (C=O) groups excluding carboxylic acids is 1. The van der Waals surface area contributed by atoms with Gasteiger partial charge in [-0.1, -0.05) is 26.3 Å². The standard InChI is InChI=1S/C14H22NO2.ClH/c1-5-9-15(10-6-2,11-7-3)12-13-17-14(16)8-4;/h5-8H,1-4,9-13H2;1H/q+1;/p-1. The number of nitrogens with zero attached hydrogens (tertiary/aromatic N) is 1. The van der Waals surface area contributed by atoms with Crippen LogP contribution in [0.3, 0.4) is 0 Å². The number of rotatable bonds is 10. The third-order valence-electron chi connectivity index (χ3n) is 2.53. The van der Waals surface area contributed by atoms with Crippen molar-refractivity contribution in [3.05, 3.63) is 50.6 Å². The Bertz CT molecular complexity index is 274. The Kier molecular flexibility index (Phi) is 11.4. The molecule has 0 atom stereocenters. The second kappa shape index (κ2) is 10.8. The minimum atomic E-state index is -0.390. The van der Waals surface area contributed by atoms with Gasteiger partial charge in [-0.25, -0.2) is 4.79 Å². The van der Waals surface area contributed by atoms with E-state index in [1.807, 2.05) is 18.2 Å². The Morgan fingerprint density at radius 1 is 1.00 bits per heavy atom. The molecule has 0 aromatic carbocycles. The summed E-state index contributed by atoms with van der Waals surface area (Å²) in [7, 11) is 0. The van der Waals surface area contributed by atoms with E-state index in [0.29, 0.717) is 13.2 Å². The number of halogens is 1. The monoisotopic (exact) mass is 271 g/mol. The van der Waals surface area contributed by atoms with Crippen molar-refractivity contribution in [2.75, 3.05) is 32.8 Å². The van der Waals surface area contributed by atoms with Crippen LogP contribution < -0.4 is 12.4 Å². The first-order chi connectivity index (χ1) is 8.14. The highest BCUT2D eigenvalue weighted by molar-refractivity contribution is 5.81. The molecule has 0 aromatic rings. The van der Waals surface area contributed by atoms with Crippen molar-refractivity contribution >= 4 is 5.97 Å². The lowest BCUT2D eigenvalue weighted by Gasteiger charge is -2.35. The molecule has 0 saturated carbocycles. The predicted molar refractivity (Wildman–Crippen MR) is 71.5 cm³/mol. The summed E-state index contributed by atoms with van der Waals surface area (Å²) >= 11 is 0. The lowest BCUT2D eigenvalue weighted by atomic mass is 10.3. The fourth-order valence-corrected chi connectivity index (χ4v) is 1.72. The van der Waals surface area contributed by atoms with Gasteiger partial charge in [-0.2, -0.15) is 0 Å². The Labute approximate surface area is 116 Å². The Hall–Kier alpha value is -1.32. The number of hydrogen-bond donors (Lipinski definition) is 0. The molecule has 0 N–H and O–H groups in total. The molecule has 0 bridgehead atoms. The summed E-state index contributed by atoms with van der Waals surface area (Å²) in [6.45, 7) is 18.1. The van der Waals surface area contributed by atoms with Gasteiger partial charge in [0.15, 0.2) is 0 Å². The zero-order valence-corrected chi connectivity index (χ0v) is 11.6. The van der Waals surface area contributed by atoms with Crippen LogP contribution >= 0.6 is 0 Å². The van der Waals surface area contributed by atoms with Gasteiger partial charge >= 0.3 is 5.97 Å². The van der Waals surface area contributed by atoms with E-state index in [-0.39, 0.29) is 18.4 Å². The lowest BCUT2D eigenvalue weighted by Crippen LogP contribution is -3.00. The summed E-state index contributed by atoms with van der Waals surface area (Å²) in [6, 6.07) is 0. The molecule has 0 aliphatic heterocycles. The molecule has 0 aliphatic carbocycles. The highest BCUT2D eigenvalue weighted by Crippen LogP contribution is 2.08. The van der Waals surface area contributed by atoms with Crippen molar-refractivity contribution in [3.63, 3.8) is 0 Å². The van der Waals surface area contributed by atoms with Gasteiger partial charge in [0.1, 0.15) is 13.2 Å². The molecule has 0 aliphatic rings. The van der Waals surface area contributed by atoms with Crippen LogP contribution in [0.15, 0.2) is 50.6 Å². The number of ether oxygens (including phenoxy) is 1. The van der Waals surface area contributed by atoms with Gasteiger partial charge in [0.05, 0.1) is 19.6 Å². The molecule has 0 spiro atoms. The number of esters is 1. The maximum atomic E-state index is 11.0. The van der Waals surface area contributed by atoms with Crippen molar-refractivity contribution in [3.8, 4) is 0 Å². The fraction of sp³-hybridized carbons (Fsp3) is 0.357. The second-order valence-corrected chi connectivity index (χ2v) is 3.85. The van der Waals surface area contributed by atoms with Crippen LogP contribution in [0.2, 0.25) is 0 Å². The van der Waals surface area contributed by atoms with Crippen molar-refractivity contribution in [2.24, 2.45) is 0 Å². The average molecular weight is 272 g/mol. The number of hydrogen-bond acceptors (Lipinski definition) is 2. The topological polar surface area (TPSA) is 26.3 Å². The maximum Gasteiger partial charge on any atom is 0.330 e. The van der Waals surface area contributed by atoms with Crippen LogP contribution in [0, 0.1) is 0 Å². The van der Waals surface area contributed by atoms with Gasteiger partial charge in [0.25, 0.3) is 0 Å². The van der Waals surface area contributed by atoms with Gasteiger partial charge in [-0.3, -0.25) is 0 Å². The van der Waals surface area contributed by atoms with Crippen LogP contribution in [0.25, 0.3) is 0 Å². The molecule has 4 heteroatoms. The Balaban J connectivity index is 0. The van der Waals surface area contributed by atoms with Crippen LogP contribution in [0.4, 0.5) is 0 Å². The Morgan fingerprint density at radius 2 is 1.44 bits per heavy atom. The first kappa shape index (κ1) is 19.0. The van der Waals surface area contributed by atoms with Gasteiger partial charge < -0.3 is 21.6 Å². The summed E-state index contributed by atoms with van der Waals surface area (Å²) in [4.78, 5) is 11.0. The molecule has 0 fully saturated rings. The molecule has 0 rings (SSSR count). The van der Waals surface area contributed by atoms with Crippen LogP contribution in [-0.4, -0.2) is 43.2 Å². The highest BCUT2D eigenvalue weighted by Gasteiger charge is 2.23. The summed E-state index contributed by atoms with van der Waals surface area (Å²) in [5.41, 5.74) is 0. The van der Waals surface area contributed by atoms with E-state index in [9.17, 15) is 4.79 Å². The number of carbonyl (C=O) groups is 1. The molecular formula is C14H22ClNO2. The Morgan fingerprint density at radius 3 is 1.78 bits per heavy atom. The second-order valence-electron chi connectivity index (χ2n) is 3.85. The molecule has 0 amide bonds. The third kappa shape index (κ3) is 7.09. The van der Waals surface area contributed by atoms with E-state index in [1.165, 1.54) is 6.08 Å². The van der Waals surface area contributed by atoms with Gasteiger partial charge in [0, 0.05) is 6.08 Å². The molecule has 0 heterocycles. The van der Waals surface area contributed by atoms with E-state index in [0.717, 1.165) is 24.1 Å². The normalized spacial score (nSPS) is 9.78. The zero-order chi connectivity index (χ0) is 13.1. The van der Waals surface area contributed by atoms with E-state index >= 15 is 0 Å². The third-order valence-corrected chi connectivity index (χ3v) is 2.53. The van der Waals surface area contributed by atoms with Crippen molar-refractivity contribution in [1.82, 2.24) is 0 Å². The minimum absolute atomic E-state index is 0. The first-order valence-corrected chi connectivity index (χ1v) is 5.61. The van der Waals surface area contributed by atoms with Gasteiger partial charge in [-0.15, -0.1) is 0 Å². The molecule has 0 unspecified atom stereocenters. The average Bonchev–Trinajstić information content (AvgIpc) is 2.30. The predicted octanol–water partition coefficient (Wildman–Crippen LogP) is -0.906. The van der Waals surface area contributed by atoms with E-state index in [2.05, 4.69) is 26.3 Å². The van der Waals surface area contributed by atoms with Crippen LogP contribution in [0.1, 0.15) is 0 Å². The van der Waals surface area contributed by atoms with Crippen LogP contribution in [0.5, 0.6) is 0 Å². The lowest BCUT2D eigenvalue weighted by molar-refractivity contribution is -0.912. The number of quaternary nitrogens is 1. The van der Waals surface area contributed by atoms with Crippen molar-refractivity contribution < 1.29 is 26.4 Å². The SMILES string of the molecule is C=CC[N+](CC=C)(CC=C)CCOC(=O)C=C.[Cl-]. The minimum Gasteiger partial charge on any atom is -1.00 e. The van der Waals surface area contributed by atoms with E-state index < -0.39 is 0 Å². The molecule has 0 aromatic heterocycles. The zero-order valence-electron chi connectivity index (χ0n) is 10.8. The van der Waals surface area contributed by atoms with Gasteiger partial charge in [0.2, 0.25) is 0 Å². The summed E-state index contributed by atoms with van der Waals surface area (Å²) in [5.74, 6) is -0.390. The van der Waals surface area contributed by atoms with E-state index in [1.54, 1.807) is 0 Å². The van der Waals surface area contributed by atoms with Crippen molar-refractivity contribution in [1.29, 1.82) is 0 Å². The van der Waals surface area contributed by atoms with Crippen LogP contribution in [-0.2, 0) is 9.53 Å². The molecule has 0 saturated heterocycles. The smallest absolute Gasteiger partial charge is 0.330 e. The van der Waals surface area contributed by atoms with E-state index in [4.69, 9.17) is 4.74 Å². The molecule has 0 radical (unpaired) electrons. The first-order valence-electron chi connectivity index (χ1n) is 5.61. The quantitative estimate of drug-likeness (QED) is 0.223. The van der Waals surface area contributed by atoms with Gasteiger partial charge in [-0.05, 0) is 18.2 Å². The fourth-order valence-electron chi connectivity index (χ4n) is 1.72. The molecule has 3 nitrogen and oxygen atoms in total. The maximum absolute atomic E-state index is 11.0. The summed E-state index contributed by atoms with van der Waals surface area (Å²) < 4.78 is 5.73. The summed E-state index contributed by atoms with van der Waals surface area (Å²) in [6.07, 6.45) is 6.76. The molecular weight excluding hydrogens is 250 g/mol.